The van der Waals surface area contributed by atoms with Crippen LogP contribution in [0, 0.1) is 0 Å². The van der Waals surface area contributed by atoms with Crippen molar-refractivity contribution in [3.63, 3.8) is 0 Å². The van der Waals surface area contributed by atoms with Crippen molar-refractivity contribution >= 4 is 15.9 Å². The van der Waals surface area contributed by atoms with Crippen LogP contribution in [0.3, 0.4) is 0 Å². The first kappa shape index (κ1) is 13.2. The van der Waals surface area contributed by atoms with Crippen molar-refractivity contribution in [2.45, 2.75) is 25.9 Å². The van der Waals surface area contributed by atoms with Crippen LogP contribution in [0.1, 0.15) is 37.3 Å². The fourth-order valence-electron chi connectivity index (χ4n) is 1.95. The van der Waals surface area contributed by atoms with Crippen molar-refractivity contribution in [3.05, 3.63) is 28.3 Å². The Kier molecular flexibility index (Phi) is 3.82. The zero-order chi connectivity index (χ0) is 13.3. The molecule has 2 aromatic rings. The van der Waals surface area contributed by atoms with E-state index in [1.54, 1.807) is 11.0 Å². The lowest BCUT2D eigenvalue weighted by molar-refractivity contribution is 0.478. The van der Waals surface area contributed by atoms with Crippen molar-refractivity contribution < 1.29 is 0 Å². The predicted octanol–water partition coefficient (Wildman–Crippen LogP) is 1.66. The van der Waals surface area contributed by atoms with Crippen molar-refractivity contribution in [2.24, 2.45) is 7.05 Å². The summed E-state index contributed by atoms with van der Waals surface area (Å²) in [6.07, 6.45) is 3.58. The second-order valence-electron chi connectivity index (χ2n) is 4.40. The molecule has 2 heterocycles. The van der Waals surface area contributed by atoms with Gasteiger partial charge in [0.2, 0.25) is 0 Å². The van der Waals surface area contributed by atoms with Gasteiger partial charge in [0.15, 0.2) is 0 Å². The number of aromatic nitrogens is 5. The maximum absolute atomic E-state index is 4.39. The van der Waals surface area contributed by atoms with Crippen molar-refractivity contribution in [3.8, 4) is 0 Å². The summed E-state index contributed by atoms with van der Waals surface area (Å²) in [4.78, 5) is 1.56. The molecule has 0 amide bonds. The number of aryl methyl sites for hydroxylation is 1. The lowest BCUT2D eigenvalue weighted by Crippen LogP contribution is -2.23. The Hall–Kier alpha value is -1.21. The molecule has 7 heteroatoms. The molecule has 0 aliphatic heterocycles. The molecule has 1 N–H and O–H groups in total. The van der Waals surface area contributed by atoms with E-state index in [0.29, 0.717) is 6.04 Å². The largest absolute Gasteiger partial charge is 0.307 e. The maximum Gasteiger partial charge on any atom is 0.106 e. The zero-order valence-electron chi connectivity index (χ0n) is 10.9. The van der Waals surface area contributed by atoms with Crippen LogP contribution in [-0.2, 0) is 7.05 Å². The second-order valence-corrected chi connectivity index (χ2v) is 5.25. The highest BCUT2D eigenvalue weighted by atomic mass is 79.9. The monoisotopic (exact) mass is 312 g/mol. The molecule has 0 bridgehead atoms. The highest BCUT2D eigenvalue weighted by molar-refractivity contribution is 9.10. The van der Waals surface area contributed by atoms with Gasteiger partial charge in [0, 0.05) is 13.1 Å². The van der Waals surface area contributed by atoms with Crippen molar-refractivity contribution in [2.75, 3.05) is 7.05 Å². The van der Waals surface area contributed by atoms with E-state index < -0.39 is 0 Å². The Bertz CT molecular complexity index is 529. The number of nitrogens with one attached hydrogen (secondary N) is 1. The quantitative estimate of drug-likeness (QED) is 0.933. The Labute approximate surface area is 114 Å². The first-order valence-electron chi connectivity index (χ1n) is 5.81. The van der Waals surface area contributed by atoms with Gasteiger partial charge in [-0.1, -0.05) is 0 Å². The van der Waals surface area contributed by atoms with Gasteiger partial charge in [0.25, 0.3) is 0 Å². The molecular formula is C11H17BrN6. The van der Waals surface area contributed by atoms with E-state index >= 15 is 0 Å². The minimum Gasteiger partial charge on any atom is -0.307 e. The van der Waals surface area contributed by atoms with Crippen LogP contribution in [0.15, 0.2) is 16.9 Å². The summed E-state index contributed by atoms with van der Waals surface area (Å²) in [6.45, 7) is 4.21. The molecule has 1 unspecified atom stereocenters. The molecule has 0 saturated carbocycles. The van der Waals surface area contributed by atoms with E-state index in [2.05, 4.69) is 50.4 Å². The van der Waals surface area contributed by atoms with Crippen LogP contribution in [0.5, 0.6) is 0 Å². The standard InChI is InChI=1S/C11H17BrN6/c1-7(2)18-11(8(12)5-15-18)10(13-3)9-6-14-17(4)16-9/h5-7,10,13H,1-4H3. The third-order valence-electron chi connectivity index (χ3n) is 2.75. The minimum atomic E-state index is -0.0297. The summed E-state index contributed by atoms with van der Waals surface area (Å²) in [7, 11) is 3.72. The van der Waals surface area contributed by atoms with Crippen molar-refractivity contribution in [1.82, 2.24) is 30.1 Å². The molecule has 0 aliphatic rings. The van der Waals surface area contributed by atoms with Crippen LogP contribution in [-0.4, -0.2) is 31.8 Å². The van der Waals surface area contributed by atoms with Gasteiger partial charge >= 0.3 is 0 Å². The van der Waals surface area contributed by atoms with E-state index in [0.717, 1.165) is 15.9 Å². The normalized spacial score (nSPS) is 13.2. The van der Waals surface area contributed by atoms with Crippen LogP contribution in [0.4, 0.5) is 0 Å². The van der Waals surface area contributed by atoms with E-state index in [1.165, 1.54) is 0 Å². The molecule has 0 fully saturated rings. The Morgan fingerprint density at radius 3 is 2.50 bits per heavy atom. The SMILES string of the molecule is CNC(c1cnn(C)n1)c1c(Br)cnn1C(C)C. The van der Waals surface area contributed by atoms with Gasteiger partial charge in [-0.15, -0.1) is 0 Å². The molecule has 2 aromatic heterocycles. The third-order valence-corrected chi connectivity index (χ3v) is 3.36. The van der Waals surface area contributed by atoms with Gasteiger partial charge in [-0.05, 0) is 36.8 Å². The fourth-order valence-corrected chi connectivity index (χ4v) is 2.45. The number of hydrogen-bond donors (Lipinski definition) is 1. The van der Waals surface area contributed by atoms with E-state index in [4.69, 9.17) is 0 Å². The highest BCUT2D eigenvalue weighted by Gasteiger charge is 2.23. The van der Waals surface area contributed by atoms with Crippen LogP contribution < -0.4 is 5.32 Å². The summed E-state index contributed by atoms with van der Waals surface area (Å²) in [5, 5.41) is 16.1. The smallest absolute Gasteiger partial charge is 0.106 e. The summed E-state index contributed by atoms with van der Waals surface area (Å²) < 4.78 is 2.96. The predicted molar refractivity (Wildman–Crippen MR) is 72.2 cm³/mol. The average Bonchev–Trinajstić information content (AvgIpc) is 2.88. The summed E-state index contributed by atoms with van der Waals surface area (Å²) in [6, 6.07) is 0.261. The number of hydrogen-bond acceptors (Lipinski definition) is 4. The van der Waals surface area contributed by atoms with Gasteiger partial charge in [-0.25, -0.2) is 0 Å². The van der Waals surface area contributed by atoms with Gasteiger partial charge in [0.05, 0.1) is 28.6 Å². The first-order valence-corrected chi connectivity index (χ1v) is 6.60. The highest BCUT2D eigenvalue weighted by Crippen LogP contribution is 2.29. The Balaban J connectivity index is 2.47. The topological polar surface area (TPSA) is 60.6 Å². The van der Waals surface area contributed by atoms with E-state index in [9.17, 15) is 0 Å². The lowest BCUT2D eigenvalue weighted by Gasteiger charge is -2.18. The first-order chi connectivity index (χ1) is 8.54. The summed E-state index contributed by atoms with van der Waals surface area (Å²) in [5.74, 6) is 0. The van der Waals surface area contributed by atoms with Crippen molar-refractivity contribution in [1.29, 1.82) is 0 Å². The van der Waals surface area contributed by atoms with Crippen LogP contribution >= 0.6 is 15.9 Å². The number of halogens is 1. The Morgan fingerprint density at radius 2 is 2.00 bits per heavy atom. The summed E-state index contributed by atoms with van der Waals surface area (Å²) in [5.41, 5.74) is 1.94. The molecule has 2 rings (SSSR count). The maximum atomic E-state index is 4.39. The zero-order valence-corrected chi connectivity index (χ0v) is 12.5. The average molecular weight is 313 g/mol. The number of nitrogens with zero attached hydrogens (tertiary/aromatic N) is 5. The molecule has 18 heavy (non-hydrogen) atoms. The third kappa shape index (κ3) is 2.32. The molecule has 0 radical (unpaired) electrons. The van der Waals surface area contributed by atoms with Gasteiger partial charge in [-0.3, -0.25) is 4.68 Å². The van der Waals surface area contributed by atoms with E-state index in [-0.39, 0.29) is 6.04 Å². The fraction of sp³-hybridized carbons (Fsp3) is 0.545. The second kappa shape index (κ2) is 5.19. The van der Waals surface area contributed by atoms with Gasteiger partial charge < -0.3 is 5.32 Å². The lowest BCUT2D eigenvalue weighted by atomic mass is 10.1. The Morgan fingerprint density at radius 1 is 1.28 bits per heavy atom. The number of rotatable bonds is 4. The summed E-state index contributed by atoms with van der Waals surface area (Å²) >= 11 is 3.55. The van der Waals surface area contributed by atoms with Crippen LogP contribution in [0.2, 0.25) is 0 Å². The van der Waals surface area contributed by atoms with Gasteiger partial charge in [0.1, 0.15) is 5.69 Å². The molecule has 1 atom stereocenters. The molecule has 6 nitrogen and oxygen atoms in total. The molecule has 0 spiro atoms. The molecule has 0 aromatic carbocycles. The molecule has 0 aliphatic carbocycles. The van der Waals surface area contributed by atoms with E-state index in [1.807, 2.05) is 25.0 Å². The van der Waals surface area contributed by atoms with Crippen LogP contribution in [0.25, 0.3) is 0 Å². The molecule has 98 valence electrons. The van der Waals surface area contributed by atoms with Gasteiger partial charge in [-0.2, -0.15) is 20.1 Å². The molecule has 0 saturated heterocycles. The minimum absolute atomic E-state index is 0.0297. The molecular weight excluding hydrogens is 296 g/mol.